The van der Waals surface area contributed by atoms with Crippen LogP contribution >= 0.6 is 0 Å². The monoisotopic (exact) mass is 180 g/mol. The van der Waals surface area contributed by atoms with Gasteiger partial charge in [-0.2, -0.15) is 0 Å². The standard InChI is InChI=1S/C10H16N2O/c1-13-10-4-2-3-9(7-10)12-6-5-11-8-12/h5-6,8-10H,2-4,7H2,1H3. The predicted molar refractivity (Wildman–Crippen MR) is 50.5 cm³/mol. The van der Waals surface area contributed by atoms with Crippen LogP contribution in [0, 0.1) is 0 Å². The molecule has 0 saturated heterocycles. The van der Waals surface area contributed by atoms with Crippen molar-refractivity contribution in [3.63, 3.8) is 0 Å². The fourth-order valence-electron chi connectivity index (χ4n) is 2.09. The van der Waals surface area contributed by atoms with Gasteiger partial charge in [0.2, 0.25) is 0 Å². The minimum atomic E-state index is 0.446. The van der Waals surface area contributed by atoms with Crippen LogP contribution < -0.4 is 0 Å². The smallest absolute Gasteiger partial charge is 0.0948 e. The van der Waals surface area contributed by atoms with Gasteiger partial charge in [-0.3, -0.25) is 0 Å². The van der Waals surface area contributed by atoms with Crippen LogP contribution in [0.5, 0.6) is 0 Å². The molecule has 2 atom stereocenters. The van der Waals surface area contributed by atoms with Crippen molar-refractivity contribution < 1.29 is 4.74 Å². The third kappa shape index (κ3) is 1.91. The quantitative estimate of drug-likeness (QED) is 0.696. The lowest BCUT2D eigenvalue weighted by atomic mass is 9.93. The third-order valence-electron chi connectivity index (χ3n) is 2.88. The van der Waals surface area contributed by atoms with E-state index in [2.05, 4.69) is 9.55 Å². The number of ether oxygens (including phenoxy) is 1. The summed E-state index contributed by atoms with van der Waals surface area (Å²) in [5, 5.41) is 0. The van der Waals surface area contributed by atoms with Gasteiger partial charge in [-0.05, 0) is 25.7 Å². The third-order valence-corrected chi connectivity index (χ3v) is 2.88. The Balaban J connectivity index is 2.00. The van der Waals surface area contributed by atoms with Crippen molar-refractivity contribution >= 4 is 0 Å². The molecule has 1 heterocycles. The summed E-state index contributed by atoms with van der Waals surface area (Å²) >= 11 is 0. The number of hydrogen-bond acceptors (Lipinski definition) is 2. The minimum Gasteiger partial charge on any atom is -0.381 e. The van der Waals surface area contributed by atoms with Crippen LogP contribution in [-0.4, -0.2) is 22.8 Å². The fourth-order valence-corrected chi connectivity index (χ4v) is 2.09. The minimum absolute atomic E-state index is 0.446. The Kier molecular flexibility index (Phi) is 2.64. The Labute approximate surface area is 78.7 Å². The molecule has 1 aromatic rings. The van der Waals surface area contributed by atoms with Gasteiger partial charge in [0.25, 0.3) is 0 Å². The van der Waals surface area contributed by atoms with Gasteiger partial charge in [-0.25, -0.2) is 4.98 Å². The van der Waals surface area contributed by atoms with Crippen molar-refractivity contribution in [3.8, 4) is 0 Å². The first-order valence-corrected chi connectivity index (χ1v) is 4.90. The van der Waals surface area contributed by atoms with Crippen molar-refractivity contribution in [2.45, 2.75) is 37.8 Å². The number of rotatable bonds is 2. The van der Waals surface area contributed by atoms with Crippen molar-refractivity contribution in [1.29, 1.82) is 0 Å². The zero-order chi connectivity index (χ0) is 9.10. The first-order valence-electron chi connectivity index (χ1n) is 4.90. The van der Waals surface area contributed by atoms with Gasteiger partial charge in [-0.15, -0.1) is 0 Å². The van der Waals surface area contributed by atoms with E-state index in [1.807, 2.05) is 18.7 Å². The first-order chi connectivity index (χ1) is 6.40. The molecule has 0 radical (unpaired) electrons. The summed E-state index contributed by atoms with van der Waals surface area (Å²) in [6.45, 7) is 0. The zero-order valence-corrected chi connectivity index (χ0v) is 8.02. The zero-order valence-electron chi connectivity index (χ0n) is 8.02. The predicted octanol–water partition coefficient (Wildman–Crippen LogP) is 2.01. The highest BCUT2D eigenvalue weighted by atomic mass is 16.5. The summed E-state index contributed by atoms with van der Waals surface area (Å²) in [7, 11) is 1.81. The number of aromatic nitrogens is 2. The van der Waals surface area contributed by atoms with Crippen LogP contribution in [0.4, 0.5) is 0 Å². The molecule has 0 spiro atoms. The number of methoxy groups -OCH3 is 1. The number of nitrogens with zero attached hydrogens (tertiary/aromatic N) is 2. The molecule has 3 heteroatoms. The van der Waals surface area contributed by atoms with E-state index in [-0.39, 0.29) is 0 Å². The van der Waals surface area contributed by atoms with E-state index in [0.717, 1.165) is 6.42 Å². The lowest BCUT2D eigenvalue weighted by Crippen LogP contribution is -2.23. The van der Waals surface area contributed by atoms with Gasteiger partial charge in [0.05, 0.1) is 12.4 Å². The van der Waals surface area contributed by atoms with Gasteiger partial charge in [0.15, 0.2) is 0 Å². The van der Waals surface area contributed by atoms with E-state index in [4.69, 9.17) is 4.74 Å². The van der Waals surface area contributed by atoms with Crippen LogP contribution in [0.2, 0.25) is 0 Å². The molecular weight excluding hydrogens is 164 g/mol. The molecule has 1 aliphatic rings. The van der Waals surface area contributed by atoms with Gasteiger partial charge in [0.1, 0.15) is 0 Å². The molecule has 1 aliphatic carbocycles. The molecule has 0 N–H and O–H groups in total. The molecule has 0 aromatic carbocycles. The van der Waals surface area contributed by atoms with E-state index >= 15 is 0 Å². The summed E-state index contributed by atoms with van der Waals surface area (Å²) in [6, 6.07) is 0.598. The molecule has 0 aliphatic heterocycles. The van der Waals surface area contributed by atoms with Crippen molar-refractivity contribution in [2.75, 3.05) is 7.11 Å². The Morgan fingerprint density at radius 3 is 3.08 bits per heavy atom. The Morgan fingerprint density at radius 1 is 1.46 bits per heavy atom. The average molecular weight is 180 g/mol. The first kappa shape index (κ1) is 8.75. The topological polar surface area (TPSA) is 27.1 Å². The van der Waals surface area contributed by atoms with Gasteiger partial charge in [-0.1, -0.05) is 0 Å². The summed E-state index contributed by atoms with van der Waals surface area (Å²) in [4.78, 5) is 4.07. The van der Waals surface area contributed by atoms with Crippen LogP contribution in [0.25, 0.3) is 0 Å². The molecule has 0 bridgehead atoms. The molecule has 13 heavy (non-hydrogen) atoms. The van der Waals surface area contributed by atoms with Crippen LogP contribution in [0.3, 0.4) is 0 Å². The van der Waals surface area contributed by atoms with Gasteiger partial charge in [0, 0.05) is 25.5 Å². The van der Waals surface area contributed by atoms with Crippen molar-refractivity contribution in [2.24, 2.45) is 0 Å². The molecule has 1 fully saturated rings. The second kappa shape index (κ2) is 3.92. The largest absolute Gasteiger partial charge is 0.381 e. The van der Waals surface area contributed by atoms with E-state index in [1.54, 1.807) is 7.11 Å². The molecule has 1 aromatic heterocycles. The van der Waals surface area contributed by atoms with E-state index in [1.165, 1.54) is 19.3 Å². The van der Waals surface area contributed by atoms with Crippen LogP contribution in [0.1, 0.15) is 31.7 Å². The van der Waals surface area contributed by atoms with Crippen LogP contribution in [0.15, 0.2) is 18.7 Å². The normalized spacial score (nSPS) is 29.0. The van der Waals surface area contributed by atoms with Crippen molar-refractivity contribution in [3.05, 3.63) is 18.7 Å². The van der Waals surface area contributed by atoms with Gasteiger partial charge < -0.3 is 9.30 Å². The maximum Gasteiger partial charge on any atom is 0.0948 e. The Hall–Kier alpha value is -0.830. The summed E-state index contributed by atoms with van der Waals surface area (Å²) < 4.78 is 7.59. The van der Waals surface area contributed by atoms with E-state index in [9.17, 15) is 0 Å². The lowest BCUT2D eigenvalue weighted by molar-refractivity contribution is 0.0530. The highest BCUT2D eigenvalue weighted by Gasteiger charge is 2.22. The maximum absolute atomic E-state index is 5.39. The maximum atomic E-state index is 5.39. The van der Waals surface area contributed by atoms with E-state index in [0.29, 0.717) is 12.1 Å². The highest BCUT2D eigenvalue weighted by Crippen LogP contribution is 2.29. The molecular formula is C10H16N2O. The fraction of sp³-hybridized carbons (Fsp3) is 0.700. The molecule has 3 nitrogen and oxygen atoms in total. The molecule has 72 valence electrons. The van der Waals surface area contributed by atoms with Crippen molar-refractivity contribution in [1.82, 2.24) is 9.55 Å². The summed E-state index contributed by atoms with van der Waals surface area (Å²) in [5.74, 6) is 0. The SMILES string of the molecule is COC1CCCC(n2ccnc2)C1. The molecule has 1 saturated carbocycles. The molecule has 0 amide bonds. The lowest BCUT2D eigenvalue weighted by Gasteiger charge is -2.28. The van der Waals surface area contributed by atoms with E-state index < -0.39 is 0 Å². The summed E-state index contributed by atoms with van der Waals surface area (Å²) in [6.07, 6.45) is 11.1. The molecule has 2 unspecified atom stereocenters. The number of imidazole rings is 1. The number of hydrogen-bond donors (Lipinski definition) is 0. The van der Waals surface area contributed by atoms with Gasteiger partial charge >= 0.3 is 0 Å². The summed E-state index contributed by atoms with van der Waals surface area (Å²) in [5.41, 5.74) is 0. The average Bonchev–Trinajstić information content (AvgIpc) is 2.71. The second-order valence-corrected chi connectivity index (χ2v) is 3.69. The Morgan fingerprint density at radius 2 is 2.38 bits per heavy atom. The molecule has 2 rings (SSSR count). The second-order valence-electron chi connectivity index (χ2n) is 3.69. The van der Waals surface area contributed by atoms with Crippen LogP contribution in [-0.2, 0) is 4.74 Å². The Bertz CT molecular complexity index is 245. The highest BCUT2D eigenvalue weighted by molar-refractivity contribution is 4.84.